The number of rotatable bonds is 4. The molecule has 1 saturated heterocycles. The zero-order chi connectivity index (χ0) is 14.5. The Morgan fingerprint density at radius 2 is 2.20 bits per heavy atom. The second-order valence-corrected chi connectivity index (χ2v) is 5.00. The number of aromatic nitrogens is 2. The molecule has 2 heterocycles. The van der Waals surface area contributed by atoms with Crippen LogP contribution in [0.25, 0.3) is 0 Å². The van der Waals surface area contributed by atoms with Crippen molar-refractivity contribution >= 4 is 5.91 Å². The van der Waals surface area contributed by atoms with E-state index in [2.05, 4.69) is 15.3 Å². The molecule has 2 rings (SSSR count). The van der Waals surface area contributed by atoms with Gasteiger partial charge >= 0.3 is 5.69 Å². The minimum Gasteiger partial charge on any atom is -0.333 e. The molecule has 7 nitrogen and oxygen atoms in total. The van der Waals surface area contributed by atoms with Crippen molar-refractivity contribution in [1.82, 2.24) is 20.2 Å². The van der Waals surface area contributed by atoms with Gasteiger partial charge in [0.2, 0.25) is 0 Å². The van der Waals surface area contributed by atoms with Gasteiger partial charge in [-0.3, -0.25) is 14.6 Å². The van der Waals surface area contributed by atoms with E-state index >= 15 is 0 Å². The van der Waals surface area contributed by atoms with E-state index in [9.17, 15) is 14.4 Å². The van der Waals surface area contributed by atoms with E-state index in [1.807, 2.05) is 6.92 Å². The van der Waals surface area contributed by atoms with Crippen LogP contribution in [0, 0.1) is 0 Å². The van der Waals surface area contributed by atoms with Crippen LogP contribution in [0.4, 0.5) is 0 Å². The Balaban J connectivity index is 2.25. The standard InChI is InChI=1S/C13H20N4O3/c1-2-6-17(9-4-3-5-14-8-9)12(19)10-7-11(18)16-13(20)15-10/h7,9,14H,2-6,8H2,1H3,(H2,15,16,18,20). The molecule has 0 aromatic carbocycles. The highest BCUT2D eigenvalue weighted by Gasteiger charge is 2.26. The molecule has 20 heavy (non-hydrogen) atoms. The number of piperidine rings is 1. The molecule has 110 valence electrons. The zero-order valence-corrected chi connectivity index (χ0v) is 11.6. The molecule has 1 aromatic rings. The molecule has 1 aliphatic rings. The lowest BCUT2D eigenvalue weighted by Crippen LogP contribution is -2.49. The van der Waals surface area contributed by atoms with Crippen LogP contribution in [0.5, 0.6) is 0 Å². The van der Waals surface area contributed by atoms with Crippen molar-refractivity contribution in [3.05, 3.63) is 32.6 Å². The van der Waals surface area contributed by atoms with E-state index in [1.54, 1.807) is 4.90 Å². The molecule has 7 heteroatoms. The van der Waals surface area contributed by atoms with Gasteiger partial charge in [0.1, 0.15) is 5.69 Å². The van der Waals surface area contributed by atoms with Crippen LogP contribution >= 0.6 is 0 Å². The third-order valence-electron chi connectivity index (χ3n) is 3.43. The minimum absolute atomic E-state index is 0.0535. The summed E-state index contributed by atoms with van der Waals surface area (Å²) in [5.41, 5.74) is -1.16. The third-order valence-corrected chi connectivity index (χ3v) is 3.43. The molecule has 1 unspecified atom stereocenters. The summed E-state index contributed by atoms with van der Waals surface area (Å²) in [6.45, 7) is 4.32. The van der Waals surface area contributed by atoms with Crippen molar-refractivity contribution in [2.75, 3.05) is 19.6 Å². The van der Waals surface area contributed by atoms with E-state index in [1.165, 1.54) is 0 Å². The molecular weight excluding hydrogens is 260 g/mol. The molecule has 0 radical (unpaired) electrons. The van der Waals surface area contributed by atoms with Crippen LogP contribution in [0.1, 0.15) is 36.7 Å². The van der Waals surface area contributed by atoms with Crippen molar-refractivity contribution in [3.8, 4) is 0 Å². The van der Waals surface area contributed by atoms with E-state index in [-0.39, 0.29) is 17.6 Å². The molecule has 0 saturated carbocycles. The first-order valence-corrected chi connectivity index (χ1v) is 6.97. The van der Waals surface area contributed by atoms with Crippen LogP contribution in [0.15, 0.2) is 15.7 Å². The first-order valence-electron chi connectivity index (χ1n) is 6.97. The Labute approximate surface area is 116 Å². The first kappa shape index (κ1) is 14.5. The Bertz CT molecular complexity index is 543. The molecule has 1 amide bonds. The fraction of sp³-hybridized carbons (Fsp3) is 0.615. The van der Waals surface area contributed by atoms with E-state index in [0.29, 0.717) is 6.54 Å². The van der Waals surface area contributed by atoms with Crippen molar-refractivity contribution < 1.29 is 4.79 Å². The van der Waals surface area contributed by atoms with Crippen LogP contribution in [-0.2, 0) is 0 Å². The Morgan fingerprint density at radius 3 is 2.80 bits per heavy atom. The predicted octanol–water partition coefficient (Wildman–Crippen LogP) is -0.333. The van der Waals surface area contributed by atoms with Gasteiger partial charge in [0.25, 0.3) is 11.5 Å². The maximum Gasteiger partial charge on any atom is 0.326 e. The summed E-state index contributed by atoms with van der Waals surface area (Å²) in [6.07, 6.45) is 2.78. The van der Waals surface area contributed by atoms with Gasteiger partial charge < -0.3 is 15.2 Å². The highest BCUT2D eigenvalue weighted by molar-refractivity contribution is 5.92. The summed E-state index contributed by atoms with van der Waals surface area (Å²) < 4.78 is 0. The van der Waals surface area contributed by atoms with E-state index < -0.39 is 11.2 Å². The van der Waals surface area contributed by atoms with Crippen molar-refractivity contribution in [2.45, 2.75) is 32.2 Å². The SMILES string of the molecule is CCCN(C(=O)c1cc(=O)[nH]c(=O)[nH]1)C1CCCNC1. The average molecular weight is 280 g/mol. The Kier molecular flexibility index (Phi) is 4.73. The lowest BCUT2D eigenvalue weighted by Gasteiger charge is -2.34. The van der Waals surface area contributed by atoms with Gasteiger partial charge in [-0.15, -0.1) is 0 Å². The third kappa shape index (κ3) is 3.36. The quantitative estimate of drug-likeness (QED) is 0.703. The summed E-state index contributed by atoms with van der Waals surface area (Å²) in [7, 11) is 0. The molecule has 0 aliphatic carbocycles. The van der Waals surface area contributed by atoms with Gasteiger partial charge in [-0.25, -0.2) is 4.79 Å². The summed E-state index contributed by atoms with van der Waals surface area (Å²) in [5.74, 6) is -0.288. The van der Waals surface area contributed by atoms with Crippen LogP contribution in [0.3, 0.4) is 0 Å². The molecule has 1 atom stereocenters. The van der Waals surface area contributed by atoms with Crippen molar-refractivity contribution in [1.29, 1.82) is 0 Å². The molecule has 1 fully saturated rings. The molecular formula is C13H20N4O3. The number of amides is 1. The number of nitrogens with zero attached hydrogens (tertiary/aromatic N) is 1. The topological polar surface area (TPSA) is 98.1 Å². The lowest BCUT2D eigenvalue weighted by molar-refractivity contribution is 0.0642. The molecule has 1 aliphatic heterocycles. The van der Waals surface area contributed by atoms with Gasteiger partial charge in [-0.05, 0) is 25.8 Å². The second-order valence-electron chi connectivity index (χ2n) is 5.00. The van der Waals surface area contributed by atoms with Crippen LogP contribution in [-0.4, -0.2) is 46.5 Å². The van der Waals surface area contributed by atoms with Crippen LogP contribution in [0.2, 0.25) is 0 Å². The fourth-order valence-corrected chi connectivity index (χ4v) is 2.53. The van der Waals surface area contributed by atoms with Crippen molar-refractivity contribution in [2.24, 2.45) is 0 Å². The number of nitrogens with one attached hydrogen (secondary N) is 3. The van der Waals surface area contributed by atoms with E-state index in [4.69, 9.17) is 0 Å². The molecule has 1 aromatic heterocycles. The number of aromatic amines is 2. The normalized spacial score (nSPS) is 18.8. The summed E-state index contributed by atoms with van der Waals surface area (Å²) in [5, 5.41) is 3.27. The van der Waals surface area contributed by atoms with E-state index in [0.717, 1.165) is 38.4 Å². The average Bonchev–Trinajstić information content (AvgIpc) is 2.44. The predicted molar refractivity (Wildman–Crippen MR) is 74.9 cm³/mol. The maximum absolute atomic E-state index is 12.5. The molecule has 0 bridgehead atoms. The monoisotopic (exact) mass is 280 g/mol. The van der Waals surface area contributed by atoms with Gasteiger partial charge in [0.15, 0.2) is 0 Å². The Hall–Kier alpha value is -1.89. The van der Waals surface area contributed by atoms with Crippen LogP contribution < -0.4 is 16.6 Å². The summed E-state index contributed by atoms with van der Waals surface area (Å²) >= 11 is 0. The van der Waals surface area contributed by atoms with Gasteiger partial charge in [-0.2, -0.15) is 0 Å². The number of carbonyl (C=O) groups is 1. The summed E-state index contributed by atoms with van der Waals surface area (Å²) in [6, 6.07) is 1.25. The van der Waals surface area contributed by atoms with Gasteiger partial charge in [0, 0.05) is 25.2 Å². The summed E-state index contributed by atoms with van der Waals surface area (Å²) in [4.78, 5) is 41.3. The lowest BCUT2D eigenvalue weighted by atomic mass is 10.0. The highest BCUT2D eigenvalue weighted by atomic mass is 16.2. The highest BCUT2D eigenvalue weighted by Crippen LogP contribution is 2.13. The van der Waals surface area contributed by atoms with Crippen molar-refractivity contribution in [3.63, 3.8) is 0 Å². The van der Waals surface area contributed by atoms with Gasteiger partial charge in [0.05, 0.1) is 0 Å². The maximum atomic E-state index is 12.5. The fourth-order valence-electron chi connectivity index (χ4n) is 2.53. The number of carbonyl (C=O) groups excluding carboxylic acids is 1. The number of H-pyrrole nitrogens is 2. The Morgan fingerprint density at radius 1 is 1.40 bits per heavy atom. The van der Waals surface area contributed by atoms with Gasteiger partial charge in [-0.1, -0.05) is 6.92 Å². The number of hydrogen-bond donors (Lipinski definition) is 3. The molecule has 0 spiro atoms. The number of hydrogen-bond acceptors (Lipinski definition) is 4. The first-order chi connectivity index (χ1) is 9.61. The molecule has 3 N–H and O–H groups in total. The zero-order valence-electron chi connectivity index (χ0n) is 11.6. The largest absolute Gasteiger partial charge is 0.333 e. The minimum atomic E-state index is -0.654. The smallest absolute Gasteiger partial charge is 0.326 e. The second kappa shape index (κ2) is 6.51.